The van der Waals surface area contributed by atoms with Gasteiger partial charge in [0, 0.05) is 12.8 Å². The summed E-state index contributed by atoms with van der Waals surface area (Å²) in [6, 6.07) is 18.0. The Bertz CT molecular complexity index is 709. The van der Waals surface area contributed by atoms with E-state index in [0.29, 0.717) is 19.4 Å². The molecule has 0 aliphatic heterocycles. The number of carbonyl (C=O) groups excluding carboxylic acids is 1. The predicted molar refractivity (Wildman–Crippen MR) is 116 cm³/mol. The van der Waals surface area contributed by atoms with E-state index in [-0.39, 0.29) is 24.2 Å². The van der Waals surface area contributed by atoms with Crippen LogP contribution in [0.5, 0.6) is 5.75 Å². The summed E-state index contributed by atoms with van der Waals surface area (Å²) in [5.74, 6) is 1.10. The van der Waals surface area contributed by atoms with E-state index in [1.165, 1.54) is 5.56 Å². The van der Waals surface area contributed by atoms with E-state index in [1.54, 1.807) is 7.11 Å². The molecule has 2 rings (SSSR count). The second-order valence-electron chi connectivity index (χ2n) is 7.92. The van der Waals surface area contributed by atoms with Gasteiger partial charge in [-0.1, -0.05) is 56.3 Å². The van der Waals surface area contributed by atoms with Gasteiger partial charge in [-0.25, -0.2) is 0 Å². The average molecular weight is 399 g/mol. The molecule has 2 aromatic carbocycles. The van der Waals surface area contributed by atoms with Crippen molar-refractivity contribution in [2.75, 3.05) is 7.11 Å². The summed E-state index contributed by atoms with van der Waals surface area (Å²) >= 11 is 0. The molecule has 0 radical (unpaired) electrons. The largest absolute Gasteiger partial charge is 0.497 e. The molecule has 0 amide bonds. The van der Waals surface area contributed by atoms with E-state index in [9.17, 15) is 9.90 Å². The molecule has 0 aromatic heterocycles. The van der Waals surface area contributed by atoms with E-state index in [4.69, 9.17) is 9.47 Å². The third kappa shape index (κ3) is 8.80. The Balaban J connectivity index is 1.72. The highest BCUT2D eigenvalue weighted by molar-refractivity contribution is 5.79. The van der Waals surface area contributed by atoms with Crippen LogP contribution >= 0.6 is 0 Å². The van der Waals surface area contributed by atoms with Gasteiger partial charge in [-0.2, -0.15) is 0 Å². The van der Waals surface area contributed by atoms with Crippen molar-refractivity contribution in [2.45, 2.75) is 64.8 Å². The number of aliphatic hydroxyl groups excluding tert-OH is 1. The second kappa shape index (κ2) is 12.4. The zero-order valence-corrected chi connectivity index (χ0v) is 17.8. The molecule has 0 aliphatic rings. The van der Waals surface area contributed by atoms with Gasteiger partial charge in [-0.15, -0.1) is 0 Å². The van der Waals surface area contributed by atoms with Crippen molar-refractivity contribution in [1.82, 2.24) is 0 Å². The highest BCUT2D eigenvalue weighted by Crippen LogP contribution is 2.18. The minimum Gasteiger partial charge on any atom is -0.497 e. The Hall–Kier alpha value is -2.17. The maximum Gasteiger partial charge on any atom is 0.138 e. The Kier molecular flexibility index (Phi) is 9.89. The van der Waals surface area contributed by atoms with E-state index in [0.717, 1.165) is 24.2 Å². The number of hydrogen-bond acceptors (Lipinski definition) is 4. The van der Waals surface area contributed by atoms with E-state index < -0.39 is 6.10 Å². The van der Waals surface area contributed by atoms with Gasteiger partial charge in [-0.3, -0.25) is 4.79 Å². The molecule has 4 nitrogen and oxygen atoms in total. The molecule has 2 aromatic rings. The van der Waals surface area contributed by atoms with Gasteiger partial charge < -0.3 is 14.6 Å². The van der Waals surface area contributed by atoms with E-state index in [2.05, 4.69) is 26.0 Å². The van der Waals surface area contributed by atoms with E-state index >= 15 is 0 Å². The van der Waals surface area contributed by atoms with Crippen LogP contribution in [0.15, 0.2) is 54.6 Å². The first kappa shape index (κ1) is 23.1. The van der Waals surface area contributed by atoms with Crippen LogP contribution in [0.25, 0.3) is 0 Å². The molecule has 0 fully saturated rings. The van der Waals surface area contributed by atoms with Gasteiger partial charge in [-0.05, 0) is 48.4 Å². The van der Waals surface area contributed by atoms with Crippen LogP contribution < -0.4 is 4.74 Å². The molecule has 1 N–H and O–H groups in total. The van der Waals surface area contributed by atoms with Crippen molar-refractivity contribution < 1.29 is 19.4 Å². The van der Waals surface area contributed by atoms with E-state index in [1.807, 2.05) is 42.5 Å². The normalized spacial score (nSPS) is 13.3. The minimum atomic E-state index is -0.583. The Labute approximate surface area is 174 Å². The lowest BCUT2D eigenvalue weighted by atomic mass is 9.97. The van der Waals surface area contributed by atoms with Crippen LogP contribution in [0.3, 0.4) is 0 Å². The molecule has 29 heavy (non-hydrogen) atoms. The number of ketones is 1. The molecule has 4 heteroatoms. The summed E-state index contributed by atoms with van der Waals surface area (Å²) in [5.41, 5.74) is 2.31. The van der Waals surface area contributed by atoms with Crippen molar-refractivity contribution in [3.05, 3.63) is 65.7 Å². The fourth-order valence-electron chi connectivity index (χ4n) is 3.27. The van der Waals surface area contributed by atoms with Crippen molar-refractivity contribution in [1.29, 1.82) is 0 Å². The van der Waals surface area contributed by atoms with Gasteiger partial charge in [0.05, 0.1) is 25.9 Å². The van der Waals surface area contributed by atoms with Crippen molar-refractivity contribution in [2.24, 2.45) is 5.92 Å². The number of Topliss-reactive ketones (excluding diaryl/α,β-unsaturated/α-hetero) is 1. The summed E-state index contributed by atoms with van der Waals surface area (Å²) in [5, 5.41) is 10.2. The number of aryl methyl sites for hydroxylation is 1. The van der Waals surface area contributed by atoms with Crippen LogP contribution in [-0.2, 0) is 22.6 Å². The van der Waals surface area contributed by atoms with Crippen LogP contribution in [-0.4, -0.2) is 30.2 Å². The average Bonchev–Trinajstić information content (AvgIpc) is 2.72. The first-order chi connectivity index (χ1) is 14.0. The van der Waals surface area contributed by atoms with Gasteiger partial charge >= 0.3 is 0 Å². The van der Waals surface area contributed by atoms with Crippen molar-refractivity contribution in [3.63, 3.8) is 0 Å². The molecule has 0 aliphatic carbocycles. The van der Waals surface area contributed by atoms with Gasteiger partial charge in [0.25, 0.3) is 0 Å². The molecular weight excluding hydrogens is 364 g/mol. The molecule has 2 atom stereocenters. The molecule has 0 spiro atoms. The number of carbonyl (C=O) groups is 1. The lowest BCUT2D eigenvalue weighted by Gasteiger charge is -2.22. The fourth-order valence-corrected chi connectivity index (χ4v) is 3.27. The number of methoxy groups -OCH3 is 1. The highest BCUT2D eigenvalue weighted by Gasteiger charge is 2.20. The zero-order chi connectivity index (χ0) is 21.1. The van der Waals surface area contributed by atoms with Crippen molar-refractivity contribution in [3.8, 4) is 5.75 Å². The number of aliphatic hydroxyl groups is 1. The Morgan fingerprint density at radius 2 is 1.66 bits per heavy atom. The SMILES string of the molecule is COc1ccc(CO[C@@H](CC(=O)C[C@H](O)CCCc2ccccc2)C(C)C)cc1. The monoisotopic (exact) mass is 398 g/mol. The molecule has 0 saturated carbocycles. The Morgan fingerprint density at radius 3 is 2.28 bits per heavy atom. The minimum absolute atomic E-state index is 0.0608. The highest BCUT2D eigenvalue weighted by atomic mass is 16.5. The lowest BCUT2D eigenvalue weighted by molar-refractivity contribution is -0.125. The molecule has 0 saturated heterocycles. The number of hydrogen-bond donors (Lipinski definition) is 1. The van der Waals surface area contributed by atoms with Crippen LogP contribution in [0.1, 0.15) is 50.7 Å². The summed E-state index contributed by atoms with van der Waals surface area (Å²) in [4.78, 5) is 12.4. The van der Waals surface area contributed by atoms with Gasteiger partial charge in [0.15, 0.2) is 0 Å². The topological polar surface area (TPSA) is 55.8 Å². The predicted octanol–water partition coefficient (Wildman–Crippen LogP) is 4.97. The number of ether oxygens (including phenoxy) is 2. The summed E-state index contributed by atoms with van der Waals surface area (Å²) in [6.45, 7) is 4.57. The molecule has 158 valence electrons. The number of rotatable bonds is 13. The van der Waals surface area contributed by atoms with Gasteiger partial charge in [0.1, 0.15) is 11.5 Å². The maximum atomic E-state index is 12.4. The summed E-state index contributed by atoms with van der Waals surface area (Å²) in [7, 11) is 1.64. The lowest BCUT2D eigenvalue weighted by Crippen LogP contribution is -2.25. The van der Waals surface area contributed by atoms with Crippen LogP contribution in [0.4, 0.5) is 0 Å². The molecule has 0 bridgehead atoms. The third-order valence-electron chi connectivity index (χ3n) is 5.10. The standard InChI is InChI=1S/C25H34O4/c1-19(2)25(29-18-21-12-14-24(28-3)15-13-21)17-23(27)16-22(26)11-7-10-20-8-5-4-6-9-20/h4-6,8-9,12-15,19,22,25-26H,7,10-11,16-18H2,1-3H3/t22-,25+/m1/s1. The molecule has 0 heterocycles. The quantitative estimate of drug-likeness (QED) is 0.518. The van der Waals surface area contributed by atoms with Gasteiger partial charge in [0.2, 0.25) is 0 Å². The third-order valence-corrected chi connectivity index (χ3v) is 5.10. The maximum absolute atomic E-state index is 12.4. The molecule has 0 unspecified atom stereocenters. The fraction of sp³-hybridized carbons (Fsp3) is 0.480. The molecular formula is C25H34O4. The number of benzene rings is 2. The summed E-state index contributed by atoms with van der Waals surface area (Å²) < 4.78 is 11.2. The first-order valence-electron chi connectivity index (χ1n) is 10.5. The first-order valence-corrected chi connectivity index (χ1v) is 10.5. The van der Waals surface area contributed by atoms with Crippen molar-refractivity contribution >= 4 is 5.78 Å². The smallest absolute Gasteiger partial charge is 0.138 e. The van der Waals surface area contributed by atoms with Crippen LogP contribution in [0.2, 0.25) is 0 Å². The van der Waals surface area contributed by atoms with Crippen LogP contribution in [0, 0.1) is 5.92 Å². The zero-order valence-electron chi connectivity index (χ0n) is 17.8. The second-order valence-corrected chi connectivity index (χ2v) is 7.92. The summed E-state index contributed by atoms with van der Waals surface area (Å²) in [6.07, 6.45) is 2.24. The Morgan fingerprint density at radius 1 is 0.966 bits per heavy atom.